The molecule has 0 saturated heterocycles. The molecule has 0 amide bonds. The Kier molecular flexibility index (Phi) is 5.25. The van der Waals surface area contributed by atoms with Crippen molar-refractivity contribution >= 4 is 16.5 Å². The Labute approximate surface area is 188 Å². The van der Waals surface area contributed by atoms with Crippen LogP contribution in [0.4, 0.5) is 5.69 Å². The highest BCUT2D eigenvalue weighted by molar-refractivity contribution is 6.05. The SMILES string of the molecule is COc1ccc2c(c1OC)C(OCCC(C)C)N(C)c1c-2ccc2cc3c(cc12)OCO3. The van der Waals surface area contributed by atoms with Crippen molar-refractivity contribution in [2.75, 3.05) is 39.6 Å². The van der Waals surface area contributed by atoms with E-state index >= 15 is 0 Å². The Balaban J connectivity index is 1.73. The Morgan fingerprint density at radius 2 is 1.75 bits per heavy atom. The van der Waals surface area contributed by atoms with Gasteiger partial charge >= 0.3 is 0 Å². The van der Waals surface area contributed by atoms with Crippen LogP contribution in [0.5, 0.6) is 23.0 Å². The van der Waals surface area contributed by atoms with Crippen LogP contribution in [0.1, 0.15) is 32.1 Å². The average molecular weight is 436 g/mol. The van der Waals surface area contributed by atoms with E-state index < -0.39 is 0 Å². The second-order valence-corrected chi connectivity index (χ2v) is 8.67. The molecule has 168 valence electrons. The fraction of sp³-hybridized carbons (Fsp3) is 0.385. The highest BCUT2D eigenvalue weighted by Crippen LogP contribution is 2.53. The third kappa shape index (κ3) is 3.21. The highest BCUT2D eigenvalue weighted by atomic mass is 16.7. The predicted molar refractivity (Wildman–Crippen MR) is 125 cm³/mol. The van der Waals surface area contributed by atoms with Gasteiger partial charge in [0.15, 0.2) is 29.2 Å². The van der Waals surface area contributed by atoms with Crippen LogP contribution >= 0.6 is 0 Å². The number of nitrogens with zero attached hydrogens (tertiary/aromatic N) is 1. The fourth-order valence-electron chi connectivity index (χ4n) is 4.65. The van der Waals surface area contributed by atoms with Crippen LogP contribution in [-0.4, -0.2) is 34.7 Å². The van der Waals surface area contributed by atoms with Gasteiger partial charge in [-0.15, -0.1) is 0 Å². The molecule has 6 heteroatoms. The van der Waals surface area contributed by atoms with Crippen LogP contribution in [0.2, 0.25) is 0 Å². The number of hydrogen-bond acceptors (Lipinski definition) is 6. The Bertz CT molecular complexity index is 1170. The summed E-state index contributed by atoms with van der Waals surface area (Å²) in [6.45, 7) is 5.32. The van der Waals surface area contributed by atoms with Gasteiger partial charge in [0.25, 0.3) is 0 Å². The number of ether oxygens (including phenoxy) is 5. The first kappa shape index (κ1) is 20.8. The summed E-state index contributed by atoms with van der Waals surface area (Å²) in [6.07, 6.45) is 0.671. The molecule has 3 aromatic carbocycles. The van der Waals surface area contributed by atoms with Crippen molar-refractivity contribution in [2.24, 2.45) is 5.92 Å². The van der Waals surface area contributed by atoms with Crippen LogP contribution in [0.15, 0.2) is 36.4 Å². The first-order valence-electron chi connectivity index (χ1n) is 11.0. The lowest BCUT2D eigenvalue weighted by Gasteiger charge is -2.39. The molecule has 6 nitrogen and oxygen atoms in total. The molecule has 0 spiro atoms. The molecule has 3 aromatic rings. The Morgan fingerprint density at radius 1 is 1.00 bits per heavy atom. The molecule has 2 aliphatic rings. The Hall–Kier alpha value is -3.12. The van der Waals surface area contributed by atoms with Crippen molar-refractivity contribution < 1.29 is 23.7 Å². The summed E-state index contributed by atoms with van der Waals surface area (Å²) in [4.78, 5) is 2.20. The zero-order valence-corrected chi connectivity index (χ0v) is 19.2. The van der Waals surface area contributed by atoms with Crippen LogP contribution in [0, 0.1) is 5.92 Å². The van der Waals surface area contributed by atoms with Crippen molar-refractivity contribution in [1.82, 2.24) is 0 Å². The van der Waals surface area contributed by atoms with E-state index in [4.69, 9.17) is 23.7 Å². The molecule has 32 heavy (non-hydrogen) atoms. The molecule has 1 unspecified atom stereocenters. The van der Waals surface area contributed by atoms with Crippen molar-refractivity contribution in [1.29, 1.82) is 0 Å². The number of methoxy groups -OCH3 is 2. The minimum atomic E-state index is -0.308. The summed E-state index contributed by atoms with van der Waals surface area (Å²) < 4.78 is 29.2. The predicted octanol–water partition coefficient (Wildman–Crippen LogP) is 5.76. The van der Waals surface area contributed by atoms with Crippen LogP contribution in [-0.2, 0) is 4.74 Å². The molecule has 0 aliphatic carbocycles. The second-order valence-electron chi connectivity index (χ2n) is 8.67. The number of benzene rings is 3. The largest absolute Gasteiger partial charge is 0.493 e. The van der Waals surface area contributed by atoms with Crippen LogP contribution in [0.25, 0.3) is 21.9 Å². The standard InChI is InChI=1S/C26H29NO5/c1-15(2)10-11-30-26-23-17(8-9-20(28-4)25(23)29-5)18-7-6-16-12-21-22(32-14-31-21)13-19(16)24(18)27(26)3/h6-9,12-13,15,26H,10-11,14H2,1-5H3. The quantitative estimate of drug-likeness (QED) is 0.490. The summed E-state index contributed by atoms with van der Waals surface area (Å²) in [5.41, 5.74) is 4.31. The maximum atomic E-state index is 6.51. The summed E-state index contributed by atoms with van der Waals surface area (Å²) in [5, 5.41) is 2.21. The van der Waals surface area contributed by atoms with Gasteiger partial charge in [0, 0.05) is 24.6 Å². The summed E-state index contributed by atoms with van der Waals surface area (Å²) in [6, 6.07) is 12.5. The molecule has 0 N–H and O–H groups in total. The molecular weight excluding hydrogens is 406 g/mol. The minimum absolute atomic E-state index is 0.254. The van der Waals surface area contributed by atoms with Gasteiger partial charge in [0.1, 0.15) is 0 Å². The molecule has 5 rings (SSSR count). The molecule has 0 saturated carbocycles. The van der Waals surface area contributed by atoms with Gasteiger partial charge in [-0.3, -0.25) is 0 Å². The molecule has 2 aliphatic heterocycles. The number of rotatable bonds is 6. The Morgan fingerprint density at radius 3 is 2.47 bits per heavy atom. The zero-order valence-electron chi connectivity index (χ0n) is 19.2. The summed E-state index contributed by atoms with van der Waals surface area (Å²) in [7, 11) is 5.42. The van der Waals surface area contributed by atoms with E-state index in [0.29, 0.717) is 24.0 Å². The van der Waals surface area contributed by atoms with Gasteiger partial charge < -0.3 is 28.6 Å². The van der Waals surface area contributed by atoms with Gasteiger partial charge in [0.05, 0.1) is 25.5 Å². The number of fused-ring (bicyclic) bond motifs is 6. The van der Waals surface area contributed by atoms with E-state index in [1.807, 2.05) is 12.1 Å². The number of hydrogen-bond donors (Lipinski definition) is 0. The third-order valence-electron chi connectivity index (χ3n) is 6.28. The zero-order chi connectivity index (χ0) is 22.4. The fourth-order valence-corrected chi connectivity index (χ4v) is 4.65. The van der Waals surface area contributed by atoms with Crippen LogP contribution < -0.4 is 23.8 Å². The van der Waals surface area contributed by atoms with E-state index in [2.05, 4.69) is 50.1 Å². The van der Waals surface area contributed by atoms with Crippen molar-refractivity contribution in [3.05, 3.63) is 42.0 Å². The first-order valence-corrected chi connectivity index (χ1v) is 11.0. The van der Waals surface area contributed by atoms with Gasteiger partial charge in [-0.05, 0) is 47.6 Å². The molecule has 0 bridgehead atoms. The lowest BCUT2D eigenvalue weighted by Crippen LogP contribution is -2.31. The van der Waals surface area contributed by atoms with Crippen molar-refractivity contribution in [3.8, 4) is 34.1 Å². The topological polar surface area (TPSA) is 49.4 Å². The summed E-state index contributed by atoms with van der Waals surface area (Å²) in [5.74, 6) is 3.53. The normalized spacial score (nSPS) is 16.3. The molecule has 0 fully saturated rings. The van der Waals surface area contributed by atoms with Gasteiger partial charge in [-0.25, -0.2) is 0 Å². The molecule has 0 radical (unpaired) electrons. The van der Waals surface area contributed by atoms with Crippen molar-refractivity contribution in [3.63, 3.8) is 0 Å². The second kappa shape index (κ2) is 8.10. The smallest absolute Gasteiger partial charge is 0.231 e. The van der Waals surface area contributed by atoms with Crippen LogP contribution in [0.3, 0.4) is 0 Å². The molecule has 0 aromatic heterocycles. The monoisotopic (exact) mass is 435 g/mol. The highest BCUT2D eigenvalue weighted by Gasteiger charge is 2.35. The molecular formula is C26H29NO5. The van der Waals surface area contributed by atoms with E-state index in [9.17, 15) is 0 Å². The molecule has 1 atom stereocenters. The lowest BCUT2D eigenvalue weighted by atomic mass is 9.88. The van der Waals surface area contributed by atoms with E-state index in [1.165, 1.54) is 0 Å². The van der Waals surface area contributed by atoms with Gasteiger partial charge in [-0.1, -0.05) is 26.0 Å². The summed E-state index contributed by atoms with van der Waals surface area (Å²) >= 11 is 0. The maximum absolute atomic E-state index is 6.51. The minimum Gasteiger partial charge on any atom is -0.493 e. The van der Waals surface area contributed by atoms with E-state index in [0.717, 1.165) is 51.1 Å². The van der Waals surface area contributed by atoms with Gasteiger partial charge in [0.2, 0.25) is 6.79 Å². The lowest BCUT2D eigenvalue weighted by molar-refractivity contribution is 0.0444. The molecule has 2 heterocycles. The average Bonchev–Trinajstić information content (AvgIpc) is 3.25. The van der Waals surface area contributed by atoms with Gasteiger partial charge in [-0.2, -0.15) is 0 Å². The van der Waals surface area contributed by atoms with E-state index in [1.54, 1.807) is 14.2 Å². The third-order valence-corrected chi connectivity index (χ3v) is 6.28. The first-order chi connectivity index (χ1) is 15.5. The maximum Gasteiger partial charge on any atom is 0.231 e. The van der Waals surface area contributed by atoms with Crippen molar-refractivity contribution in [2.45, 2.75) is 26.5 Å². The van der Waals surface area contributed by atoms with E-state index in [-0.39, 0.29) is 13.0 Å². The number of anilines is 1.